The minimum absolute atomic E-state index is 0. The molecule has 43 heavy (non-hydrogen) atoms. The number of alkyl halides is 3. The van der Waals surface area contributed by atoms with Crippen molar-refractivity contribution in [3.63, 3.8) is 0 Å². The van der Waals surface area contributed by atoms with Crippen molar-refractivity contribution in [1.82, 2.24) is 14.8 Å². The maximum Gasteiger partial charge on any atom is 0.416 e. The van der Waals surface area contributed by atoms with Crippen molar-refractivity contribution >= 4 is 17.6 Å². The van der Waals surface area contributed by atoms with Gasteiger partial charge in [-0.3, -0.25) is 4.90 Å². The van der Waals surface area contributed by atoms with Crippen molar-refractivity contribution in [3.8, 4) is 6.07 Å². The Morgan fingerprint density at radius 3 is 2.58 bits per heavy atom. The standard InChI is InChI=1S/C30H25F3N6O3.BrH/c1-18-7-4-5-13-37(18)14-12-21-15-20(17-34)10-11-24(21)26-25(27(40)42-3)19(2)38(28-35-36-29(41)39(26)28)23-9-6-8-22(16-23)30(31,32)33;/h4-11,13,15-16,26H,12,14H2,1-3H3;1H. The van der Waals surface area contributed by atoms with Crippen LogP contribution in [0.4, 0.5) is 24.8 Å². The van der Waals surface area contributed by atoms with Crippen molar-refractivity contribution < 1.29 is 44.3 Å². The highest BCUT2D eigenvalue weighted by atomic mass is 79.9. The molecule has 0 radical (unpaired) electrons. The van der Waals surface area contributed by atoms with E-state index in [1.807, 2.05) is 35.9 Å². The number of aromatic amines is 1. The number of nitriles is 1. The van der Waals surface area contributed by atoms with Crippen LogP contribution in [0.15, 0.2) is 82.9 Å². The smallest absolute Gasteiger partial charge is 0.416 e. The molecule has 0 aliphatic carbocycles. The summed E-state index contributed by atoms with van der Waals surface area (Å²) in [7, 11) is 1.19. The summed E-state index contributed by atoms with van der Waals surface area (Å²) in [5.41, 5.74) is 1.42. The van der Waals surface area contributed by atoms with E-state index in [2.05, 4.69) is 16.3 Å². The molecule has 0 saturated heterocycles. The molecule has 1 atom stereocenters. The van der Waals surface area contributed by atoms with Gasteiger partial charge in [0.25, 0.3) is 0 Å². The highest BCUT2D eigenvalue weighted by Crippen LogP contribution is 2.43. The summed E-state index contributed by atoms with van der Waals surface area (Å²) in [6, 6.07) is 16.4. The van der Waals surface area contributed by atoms with Crippen LogP contribution in [0.2, 0.25) is 0 Å². The van der Waals surface area contributed by atoms with Gasteiger partial charge in [0.15, 0.2) is 18.4 Å². The number of halogens is 4. The summed E-state index contributed by atoms with van der Waals surface area (Å²) in [6.45, 7) is 4.07. The van der Waals surface area contributed by atoms with Crippen LogP contribution in [-0.4, -0.2) is 27.8 Å². The number of ether oxygens (including phenoxy) is 1. The molecule has 3 heterocycles. The van der Waals surface area contributed by atoms with Crippen LogP contribution in [0.1, 0.15) is 40.9 Å². The summed E-state index contributed by atoms with van der Waals surface area (Å²) in [5.74, 6) is -0.769. The van der Waals surface area contributed by atoms with Crippen LogP contribution < -0.4 is 32.1 Å². The van der Waals surface area contributed by atoms with Crippen molar-refractivity contribution in [3.05, 3.63) is 117 Å². The van der Waals surface area contributed by atoms with Gasteiger partial charge in [-0.1, -0.05) is 18.2 Å². The zero-order valence-electron chi connectivity index (χ0n) is 23.3. The monoisotopic (exact) mass is 654 g/mol. The number of allylic oxidation sites excluding steroid dienone is 1. The summed E-state index contributed by atoms with van der Waals surface area (Å²) in [5, 5.41) is 16.2. The molecule has 1 unspecified atom stereocenters. The molecular formula is C30H26BrF3N6O3. The number of fused-ring (bicyclic) bond motifs is 1. The van der Waals surface area contributed by atoms with E-state index in [-0.39, 0.29) is 39.9 Å². The van der Waals surface area contributed by atoms with Gasteiger partial charge in [-0.15, -0.1) is 5.10 Å². The number of aryl methyl sites for hydroxylation is 3. The second-order valence-electron chi connectivity index (χ2n) is 9.79. The second-order valence-corrected chi connectivity index (χ2v) is 9.79. The molecule has 1 aliphatic heterocycles. The molecule has 4 aromatic rings. The number of aromatic nitrogens is 4. The number of hydrogen-bond acceptors (Lipinski definition) is 6. The third-order valence-corrected chi connectivity index (χ3v) is 7.34. The van der Waals surface area contributed by atoms with E-state index in [1.165, 1.54) is 28.7 Å². The number of rotatable bonds is 6. The normalized spacial score (nSPS) is 14.5. The van der Waals surface area contributed by atoms with E-state index in [1.54, 1.807) is 25.1 Å². The molecule has 1 aliphatic rings. The largest absolute Gasteiger partial charge is 1.00 e. The molecule has 1 N–H and O–H groups in total. The van der Waals surface area contributed by atoms with Crippen LogP contribution in [0.25, 0.3) is 0 Å². The quantitative estimate of drug-likeness (QED) is 0.249. The summed E-state index contributed by atoms with van der Waals surface area (Å²) < 4.78 is 49.2. The number of esters is 1. The molecule has 222 valence electrons. The van der Waals surface area contributed by atoms with Crippen LogP contribution in [-0.2, 0) is 28.7 Å². The SMILES string of the molecule is COC(=O)C1=C(C)N(c2cccc(C(F)(F)F)c2)c2n[nH]c(=O)n2C1c1ccc(C#N)cc1CC[n+]1ccccc1C.[Br-]. The van der Waals surface area contributed by atoms with Gasteiger partial charge in [-0.2, -0.15) is 18.4 Å². The molecule has 9 nitrogen and oxygen atoms in total. The highest BCUT2D eigenvalue weighted by Gasteiger charge is 2.41. The molecule has 0 saturated carbocycles. The molecule has 0 bridgehead atoms. The fraction of sp³-hybridized carbons (Fsp3) is 0.233. The number of carbonyl (C=O) groups is 1. The van der Waals surface area contributed by atoms with Gasteiger partial charge in [0.1, 0.15) is 6.04 Å². The predicted octanol–water partition coefficient (Wildman–Crippen LogP) is 1.49. The fourth-order valence-electron chi connectivity index (χ4n) is 5.29. The average molecular weight is 655 g/mol. The van der Waals surface area contributed by atoms with Crippen molar-refractivity contribution in [1.29, 1.82) is 5.26 Å². The van der Waals surface area contributed by atoms with Crippen molar-refractivity contribution in [2.45, 2.75) is 39.0 Å². The molecule has 13 heteroatoms. The van der Waals surface area contributed by atoms with Crippen LogP contribution in [0.5, 0.6) is 0 Å². The Morgan fingerprint density at radius 1 is 1.14 bits per heavy atom. The lowest BCUT2D eigenvalue weighted by molar-refractivity contribution is -0.702. The topological polar surface area (TPSA) is 108 Å². The predicted molar refractivity (Wildman–Crippen MR) is 146 cm³/mol. The Balaban J connectivity index is 0.00000423. The lowest BCUT2D eigenvalue weighted by Gasteiger charge is -2.36. The van der Waals surface area contributed by atoms with E-state index < -0.39 is 29.4 Å². The van der Waals surface area contributed by atoms with Crippen molar-refractivity contribution in [2.75, 3.05) is 12.0 Å². The van der Waals surface area contributed by atoms with Crippen LogP contribution in [0, 0.1) is 18.3 Å². The maximum absolute atomic E-state index is 13.6. The van der Waals surface area contributed by atoms with E-state index in [9.17, 15) is 28.0 Å². The Bertz CT molecular complexity index is 1820. The van der Waals surface area contributed by atoms with Gasteiger partial charge >= 0.3 is 17.8 Å². The lowest BCUT2D eigenvalue weighted by Crippen LogP contribution is -3.00. The van der Waals surface area contributed by atoms with Gasteiger partial charge in [0, 0.05) is 36.9 Å². The van der Waals surface area contributed by atoms with Crippen LogP contribution in [0.3, 0.4) is 0 Å². The highest BCUT2D eigenvalue weighted by molar-refractivity contribution is 5.93. The van der Waals surface area contributed by atoms with Gasteiger partial charge in [-0.05, 0) is 48.4 Å². The molecule has 2 aromatic heterocycles. The first-order valence-corrected chi connectivity index (χ1v) is 13.0. The number of nitrogens with one attached hydrogen (secondary N) is 1. The zero-order chi connectivity index (χ0) is 30.2. The summed E-state index contributed by atoms with van der Waals surface area (Å²) >= 11 is 0. The van der Waals surface area contributed by atoms with Crippen LogP contribution >= 0.6 is 0 Å². The number of H-pyrrole nitrogens is 1. The number of pyridine rings is 1. The van der Waals surface area contributed by atoms with Gasteiger partial charge < -0.3 is 21.7 Å². The first kappa shape index (κ1) is 31.2. The number of carbonyl (C=O) groups excluding carboxylic acids is 1. The third-order valence-electron chi connectivity index (χ3n) is 7.34. The minimum atomic E-state index is -4.62. The van der Waals surface area contributed by atoms with Crippen molar-refractivity contribution in [2.24, 2.45) is 0 Å². The van der Waals surface area contributed by atoms with E-state index in [4.69, 9.17) is 4.74 Å². The molecular weight excluding hydrogens is 629 g/mol. The second kappa shape index (κ2) is 12.3. The number of nitrogens with zero attached hydrogens (tertiary/aromatic N) is 5. The van der Waals surface area contributed by atoms with E-state index >= 15 is 0 Å². The fourth-order valence-corrected chi connectivity index (χ4v) is 5.29. The Morgan fingerprint density at radius 2 is 1.91 bits per heavy atom. The summed E-state index contributed by atoms with van der Waals surface area (Å²) in [4.78, 5) is 28.0. The Kier molecular flexibility index (Phi) is 8.91. The molecule has 0 fully saturated rings. The lowest BCUT2D eigenvalue weighted by atomic mass is 9.89. The average Bonchev–Trinajstić information content (AvgIpc) is 3.35. The van der Waals surface area contributed by atoms with Gasteiger partial charge in [-0.25, -0.2) is 23.8 Å². The number of hydrogen-bond donors (Lipinski definition) is 1. The van der Waals surface area contributed by atoms with E-state index in [0.717, 1.165) is 17.8 Å². The zero-order valence-corrected chi connectivity index (χ0v) is 24.9. The number of anilines is 2. The molecule has 0 amide bonds. The Labute approximate surface area is 255 Å². The number of methoxy groups -OCH3 is 1. The number of benzene rings is 2. The minimum Gasteiger partial charge on any atom is -1.00 e. The van der Waals surface area contributed by atoms with Gasteiger partial charge in [0.05, 0.1) is 29.9 Å². The molecule has 0 spiro atoms. The van der Waals surface area contributed by atoms with E-state index in [0.29, 0.717) is 29.7 Å². The molecule has 5 rings (SSSR count). The third kappa shape index (κ3) is 5.83. The summed E-state index contributed by atoms with van der Waals surface area (Å²) in [6.07, 6.45) is -2.24. The Hall–Kier alpha value is -4.70. The first-order valence-electron chi connectivity index (χ1n) is 13.0. The molecule has 2 aromatic carbocycles. The van der Waals surface area contributed by atoms with Gasteiger partial charge in [0.2, 0.25) is 5.95 Å². The maximum atomic E-state index is 13.6. The first-order chi connectivity index (χ1) is 20.0.